The number of rotatable bonds is 5. The summed E-state index contributed by atoms with van der Waals surface area (Å²) in [4.78, 5) is 12.1. The summed E-state index contributed by atoms with van der Waals surface area (Å²) < 4.78 is 2.80. The van der Waals surface area contributed by atoms with Crippen LogP contribution in [-0.4, -0.2) is 28.8 Å². The zero-order chi connectivity index (χ0) is 14.5. The van der Waals surface area contributed by atoms with Gasteiger partial charge in [-0.05, 0) is 30.7 Å². The minimum Gasteiger partial charge on any atom is -0.351 e. The maximum absolute atomic E-state index is 12.1. The first-order chi connectivity index (χ1) is 9.67. The topological polar surface area (TPSA) is 72.9 Å². The number of hydrogen-bond donors (Lipinski definition) is 2. The van der Waals surface area contributed by atoms with Crippen LogP contribution in [0, 0.1) is 0 Å². The van der Waals surface area contributed by atoms with Crippen LogP contribution in [0.2, 0.25) is 0 Å². The van der Waals surface area contributed by atoms with Gasteiger partial charge in [-0.3, -0.25) is 4.79 Å². The lowest BCUT2D eigenvalue weighted by molar-refractivity contribution is 0.0954. The van der Waals surface area contributed by atoms with E-state index in [9.17, 15) is 4.79 Å². The molecule has 0 aliphatic rings. The Bertz CT molecular complexity index is 598. The van der Waals surface area contributed by atoms with Crippen molar-refractivity contribution < 1.29 is 4.79 Å². The van der Waals surface area contributed by atoms with Crippen molar-refractivity contribution in [3.63, 3.8) is 0 Å². The van der Waals surface area contributed by atoms with Crippen LogP contribution in [0.3, 0.4) is 0 Å². The van der Waals surface area contributed by atoms with Crippen LogP contribution in [0.1, 0.15) is 23.0 Å². The molecule has 0 saturated heterocycles. The molecule has 0 radical (unpaired) electrons. The Kier molecular flexibility index (Phi) is 6.87. The highest BCUT2D eigenvalue weighted by atomic mass is 79.9. The third-order valence-corrected chi connectivity index (χ3v) is 3.48. The fourth-order valence-corrected chi connectivity index (χ4v) is 2.25. The van der Waals surface area contributed by atoms with E-state index in [4.69, 9.17) is 5.73 Å². The van der Waals surface area contributed by atoms with Crippen LogP contribution in [0.15, 0.2) is 34.9 Å². The van der Waals surface area contributed by atoms with Gasteiger partial charge in [-0.25, -0.2) is 4.68 Å². The number of amides is 1. The summed E-state index contributed by atoms with van der Waals surface area (Å²) in [5.41, 5.74) is 7.82. The summed E-state index contributed by atoms with van der Waals surface area (Å²) in [5, 5.41) is 7.10. The minimum absolute atomic E-state index is 0. The van der Waals surface area contributed by atoms with E-state index >= 15 is 0 Å². The number of benzene rings is 1. The number of nitrogens with two attached hydrogens (primary N) is 1. The van der Waals surface area contributed by atoms with Crippen LogP contribution >= 0.6 is 28.3 Å². The maximum atomic E-state index is 12.1. The third kappa shape index (κ3) is 4.06. The standard InChI is InChI=1S/C14H17BrN4O.ClH/c1-2-13-12(14(20)17-8-7-16)9-18-19(13)11-5-3-10(15)4-6-11;/h3-6,9H,2,7-8,16H2,1H3,(H,17,20);1H. The van der Waals surface area contributed by atoms with Gasteiger partial charge >= 0.3 is 0 Å². The zero-order valence-electron chi connectivity index (χ0n) is 11.7. The third-order valence-electron chi connectivity index (χ3n) is 2.95. The molecular weight excluding hydrogens is 356 g/mol. The Morgan fingerprint density at radius 3 is 2.62 bits per heavy atom. The van der Waals surface area contributed by atoms with Gasteiger partial charge in [-0.2, -0.15) is 5.10 Å². The van der Waals surface area contributed by atoms with Crippen LogP contribution in [0.4, 0.5) is 0 Å². The van der Waals surface area contributed by atoms with Crippen LogP contribution in [0.5, 0.6) is 0 Å². The molecule has 114 valence electrons. The molecule has 0 bridgehead atoms. The molecule has 0 atom stereocenters. The van der Waals surface area contributed by atoms with Gasteiger partial charge in [0.2, 0.25) is 0 Å². The van der Waals surface area contributed by atoms with E-state index in [2.05, 4.69) is 26.3 Å². The molecule has 1 heterocycles. The van der Waals surface area contributed by atoms with Crippen molar-refractivity contribution in [3.05, 3.63) is 46.2 Å². The molecule has 7 heteroatoms. The van der Waals surface area contributed by atoms with Crippen molar-refractivity contribution >= 4 is 34.2 Å². The van der Waals surface area contributed by atoms with Crippen molar-refractivity contribution in [1.82, 2.24) is 15.1 Å². The maximum Gasteiger partial charge on any atom is 0.254 e. The van der Waals surface area contributed by atoms with E-state index in [1.165, 1.54) is 0 Å². The van der Waals surface area contributed by atoms with Crippen molar-refractivity contribution in [2.24, 2.45) is 5.73 Å². The van der Waals surface area contributed by atoms with Crippen molar-refractivity contribution in [1.29, 1.82) is 0 Å². The van der Waals surface area contributed by atoms with Gasteiger partial charge in [0.1, 0.15) is 0 Å². The normalized spacial score (nSPS) is 10.0. The molecule has 5 nitrogen and oxygen atoms in total. The van der Waals surface area contributed by atoms with Crippen LogP contribution < -0.4 is 11.1 Å². The fraction of sp³-hybridized carbons (Fsp3) is 0.286. The first kappa shape index (κ1) is 17.7. The SMILES string of the molecule is CCc1c(C(=O)NCCN)cnn1-c1ccc(Br)cc1.Cl. The van der Waals surface area contributed by atoms with Crippen molar-refractivity contribution in [2.75, 3.05) is 13.1 Å². The molecule has 3 N–H and O–H groups in total. The van der Waals surface area contributed by atoms with E-state index in [-0.39, 0.29) is 18.3 Å². The number of aromatic nitrogens is 2. The average molecular weight is 374 g/mol. The molecule has 0 unspecified atom stereocenters. The number of hydrogen-bond acceptors (Lipinski definition) is 3. The number of carbonyl (C=O) groups is 1. The van der Waals surface area contributed by atoms with Crippen LogP contribution in [-0.2, 0) is 6.42 Å². The monoisotopic (exact) mass is 372 g/mol. The number of halogens is 2. The lowest BCUT2D eigenvalue weighted by Gasteiger charge is -2.08. The molecule has 1 aromatic heterocycles. The Morgan fingerprint density at radius 1 is 1.38 bits per heavy atom. The van der Waals surface area contributed by atoms with E-state index in [1.807, 2.05) is 31.2 Å². The minimum atomic E-state index is -0.129. The molecule has 0 saturated carbocycles. The first-order valence-electron chi connectivity index (χ1n) is 6.48. The molecule has 0 aliphatic carbocycles. The summed E-state index contributed by atoms with van der Waals surface area (Å²) >= 11 is 3.40. The summed E-state index contributed by atoms with van der Waals surface area (Å²) in [6.45, 7) is 2.89. The molecule has 0 fully saturated rings. The molecule has 2 rings (SSSR count). The Hall–Kier alpha value is -1.37. The number of carbonyl (C=O) groups excluding carboxylic acids is 1. The highest BCUT2D eigenvalue weighted by Gasteiger charge is 2.16. The number of nitrogens with one attached hydrogen (secondary N) is 1. The first-order valence-corrected chi connectivity index (χ1v) is 7.27. The highest BCUT2D eigenvalue weighted by molar-refractivity contribution is 9.10. The zero-order valence-corrected chi connectivity index (χ0v) is 14.1. The second-order valence-electron chi connectivity index (χ2n) is 4.29. The van der Waals surface area contributed by atoms with Gasteiger partial charge in [0.15, 0.2) is 0 Å². The van der Waals surface area contributed by atoms with Gasteiger partial charge in [0, 0.05) is 17.6 Å². The van der Waals surface area contributed by atoms with Gasteiger partial charge in [0.25, 0.3) is 5.91 Å². The average Bonchev–Trinajstić information content (AvgIpc) is 2.89. The van der Waals surface area contributed by atoms with Crippen LogP contribution in [0.25, 0.3) is 5.69 Å². The van der Waals surface area contributed by atoms with Gasteiger partial charge in [-0.15, -0.1) is 12.4 Å². The Morgan fingerprint density at radius 2 is 2.05 bits per heavy atom. The van der Waals surface area contributed by atoms with E-state index in [1.54, 1.807) is 10.9 Å². The fourth-order valence-electron chi connectivity index (χ4n) is 1.99. The second-order valence-corrected chi connectivity index (χ2v) is 5.21. The summed E-state index contributed by atoms with van der Waals surface area (Å²) in [5.74, 6) is -0.129. The Labute approximate surface area is 138 Å². The van der Waals surface area contributed by atoms with E-state index in [0.717, 1.165) is 22.3 Å². The smallest absolute Gasteiger partial charge is 0.254 e. The summed E-state index contributed by atoms with van der Waals surface area (Å²) in [7, 11) is 0. The molecule has 1 amide bonds. The van der Waals surface area contributed by atoms with Gasteiger partial charge < -0.3 is 11.1 Å². The van der Waals surface area contributed by atoms with E-state index in [0.29, 0.717) is 18.7 Å². The molecule has 0 spiro atoms. The Balaban J connectivity index is 0.00000220. The lowest BCUT2D eigenvalue weighted by Crippen LogP contribution is -2.29. The lowest BCUT2D eigenvalue weighted by atomic mass is 10.2. The molecular formula is C14H18BrClN4O. The second kappa shape index (κ2) is 8.17. The molecule has 1 aromatic carbocycles. The predicted molar refractivity (Wildman–Crippen MR) is 89.3 cm³/mol. The summed E-state index contributed by atoms with van der Waals surface area (Å²) in [6.07, 6.45) is 2.33. The molecule has 2 aromatic rings. The molecule has 21 heavy (non-hydrogen) atoms. The molecule has 0 aliphatic heterocycles. The van der Waals surface area contributed by atoms with Gasteiger partial charge in [-0.1, -0.05) is 22.9 Å². The van der Waals surface area contributed by atoms with E-state index < -0.39 is 0 Å². The van der Waals surface area contributed by atoms with Crippen molar-refractivity contribution in [3.8, 4) is 5.69 Å². The van der Waals surface area contributed by atoms with Gasteiger partial charge in [0.05, 0.1) is 23.1 Å². The number of nitrogens with zero attached hydrogens (tertiary/aromatic N) is 2. The van der Waals surface area contributed by atoms with Crippen molar-refractivity contribution in [2.45, 2.75) is 13.3 Å². The summed E-state index contributed by atoms with van der Waals surface area (Å²) in [6, 6.07) is 7.81. The highest BCUT2D eigenvalue weighted by Crippen LogP contribution is 2.18. The largest absolute Gasteiger partial charge is 0.351 e. The quantitative estimate of drug-likeness (QED) is 0.844. The predicted octanol–water partition coefficient (Wildman–Crippen LogP) is 2.31.